The van der Waals surface area contributed by atoms with Crippen LogP contribution in [0.1, 0.15) is 12.8 Å². The van der Waals surface area contributed by atoms with Crippen LogP contribution in [0.4, 0.5) is 24.5 Å². The molecule has 1 saturated heterocycles. The molecule has 1 heterocycles. The lowest BCUT2D eigenvalue weighted by Crippen LogP contribution is -2.20. The van der Waals surface area contributed by atoms with Gasteiger partial charge in [-0.15, -0.1) is 13.2 Å². The van der Waals surface area contributed by atoms with Crippen LogP contribution in [0.25, 0.3) is 0 Å². The number of nitro benzene ring substituents is 1. The second-order valence-electron chi connectivity index (χ2n) is 4.27. The molecule has 0 saturated carbocycles. The lowest BCUT2D eigenvalue weighted by Gasteiger charge is -2.20. The molecule has 0 amide bonds. The van der Waals surface area contributed by atoms with Gasteiger partial charge in [-0.05, 0) is 34.8 Å². The number of benzene rings is 1. The first-order valence-electron chi connectivity index (χ1n) is 5.76. The molecule has 0 aromatic heterocycles. The Morgan fingerprint density at radius 1 is 1.30 bits per heavy atom. The third-order valence-electron chi connectivity index (χ3n) is 2.87. The highest BCUT2D eigenvalue weighted by atomic mass is 79.9. The molecule has 0 N–H and O–H groups in total. The summed E-state index contributed by atoms with van der Waals surface area (Å²) in [4.78, 5) is 12.1. The van der Waals surface area contributed by atoms with Crippen LogP contribution in [0.15, 0.2) is 16.6 Å². The predicted molar refractivity (Wildman–Crippen MR) is 68.9 cm³/mol. The van der Waals surface area contributed by atoms with Crippen LogP contribution < -0.4 is 9.64 Å². The summed E-state index contributed by atoms with van der Waals surface area (Å²) in [5.74, 6) is -0.612. The molecule has 9 heteroatoms. The van der Waals surface area contributed by atoms with Crippen molar-refractivity contribution in [2.45, 2.75) is 19.2 Å². The molecule has 2 rings (SSSR count). The van der Waals surface area contributed by atoms with Gasteiger partial charge in [-0.1, -0.05) is 0 Å². The molecule has 1 aliphatic rings. The summed E-state index contributed by atoms with van der Waals surface area (Å²) < 4.78 is 40.5. The van der Waals surface area contributed by atoms with Gasteiger partial charge in [-0.3, -0.25) is 10.1 Å². The lowest BCUT2D eigenvalue weighted by molar-refractivity contribution is -0.384. The Kier molecular flexibility index (Phi) is 4.07. The minimum atomic E-state index is -4.89. The first-order valence-corrected chi connectivity index (χ1v) is 6.56. The van der Waals surface area contributed by atoms with Crippen LogP contribution in [0.2, 0.25) is 0 Å². The van der Waals surface area contributed by atoms with Crippen LogP contribution >= 0.6 is 15.9 Å². The van der Waals surface area contributed by atoms with Gasteiger partial charge in [0, 0.05) is 13.1 Å². The summed E-state index contributed by atoms with van der Waals surface area (Å²) in [6.07, 6.45) is -3.10. The lowest BCUT2D eigenvalue weighted by atomic mass is 10.2. The van der Waals surface area contributed by atoms with Crippen LogP contribution in [0, 0.1) is 10.1 Å². The van der Waals surface area contributed by atoms with E-state index in [0.29, 0.717) is 18.8 Å². The molecule has 0 radical (unpaired) electrons. The van der Waals surface area contributed by atoms with E-state index in [2.05, 4.69) is 20.7 Å². The Labute approximate surface area is 120 Å². The zero-order valence-electron chi connectivity index (χ0n) is 10.1. The summed E-state index contributed by atoms with van der Waals surface area (Å²) in [5, 5.41) is 11.1. The normalized spacial score (nSPS) is 15.5. The van der Waals surface area contributed by atoms with Crippen LogP contribution in [0.5, 0.6) is 5.75 Å². The molecule has 0 aliphatic carbocycles. The maximum atomic E-state index is 12.2. The van der Waals surface area contributed by atoms with Gasteiger partial charge < -0.3 is 9.64 Å². The van der Waals surface area contributed by atoms with E-state index in [1.54, 1.807) is 4.90 Å². The Morgan fingerprint density at radius 2 is 1.90 bits per heavy atom. The summed E-state index contributed by atoms with van der Waals surface area (Å²) >= 11 is 3.09. The van der Waals surface area contributed by atoms with E-state index < -0.39 is 22.7 Å². The minimum Gasteiger partial charge on any atom is -0.405 e. The highest BCUT2D eigenvalue weighted by Crippen LogP contribution is 2.41. The standard InChI is InChI=1S/C11H10BrF3N2O3/c12-8-5-7(20-11(13,14)15)6-9(17(18)19)10(8)16-3-1-2-4-16/h5-6H,1-4H2. The van der Waals surface area contributed by atoms with Crippen molar-refractivity contribution < 1.29 is 22.8 Å². The summed E-state index contributed by atoms with van der Waals surface area (Å²) in [7, 11) is 0. The molecule has 0 bridgehead atoms. The number of rotatable bonds is 3. The van der Waals surface area contributed by atoms with Crippen molar-refractivity contribution in [1.82, 2.24) is 0 Å². The van der Waals surface area contributed by atoms with Crippen LogP contribution in [-0.2, 0) is 0 Å². The number of halogens is 4. The Bertz CT molecular complexity index is 530. The SMILES string of the molecule is O=[N+]([O-])c1cc(OC(F)(F)F)cc(Br)c1N1CCCC1. The number of nitrogens with zero attached hydrogens (tertiary/aromatic N) is 2. The van der Waals surface area contributed by atoms with Crippen molar-refractivity contribution in [3.8, 4) is 5.75 Å². The molecular formula is C11H10BrF3N2O3. The molecule has 1 aromatic rings. The average Bonchev–Trinajstić information content (AvgIpc) is 2.78. The van der Waals surface area contributed by atoms with E-state index in [1.165, 1.54) is 0 Å². The molecule has 20 heavy (non-hydrogen) atoms. The average molecular weight is 355 g/mol. The van der Waals surface area contributed by atoms with E-state index >= 15 is 0 Å². The molecule has 0 unspecified atom stereocenters. The smallest absolute Gasteiger partial charge is 0.405 e. The first-order chi connectivity index (χ1) is 9.28. The monoisotopic (exact) mass is 354 g/mol. The Morgan fingerprint density at radius 3 is 2.40 bits per heavy atom. The summed E-state index contributed by atoms with van der Waals surface area (Å²) in [6.45, 7) is 1.28. The van der Waals surface area contributed by atoms with E-state index in [-0.39, 0.29) is 4.47 Å². The van der Waals surface area contributed by atoms with Crippen molar-refractivity contribution in [1.29, 1.82) is 0 Å². The third-order valence-corrected chi connectivity index (χ3v) is 3.47. The maximum absolute atomic E-state index is 12.2. The molecular weight excluding hydrogens is 345 g/mol. The fourth-order valence-corrected chi connectivity index (χ4v) is 2.83. The fourth-order valence-electron chi connectivity index (χ4n) is 2.15. The number of alkyl halides is 3. The molecule has 1 aliphatic heterocycles. The molecule has 5 nitrogen and oxygen atoms in total. The Balaban J connectivity index is 2.44. The highest BCUT2D eigenvalue weighted by Gasteiger charge is 2.33. The van der Waals surface area contributed by atoms with E-state index in [9.17, 15) is 23.3 Å². The molecule has 1 aromatic carbocycles. The van der Waals surface area contributed by atoms with Crippen LogP contribution in [0.3, 0.4) is 0 Å². The topological polar surface area (TPSA) is 55.6 Å². The highest BCUT2D eigenvalue weighted by molar-refractivity contribution is 9.10. The maximum Gasteiger partial charge on any atom is 0.573 e. The van der Waals surface area contributed by atoms with Gasteiger partial charge >= 0.3 is 6.36 Å². The van der Waals surface area contributed by atoms with E-state index in [0.717, 1.165) is 25.0 Å². The van der Waals surface area contributed by atoms with E-state index in [4.69, 9.17) is 0 Å². The molecule has 0 atom stereocenters. The third kappa shape index (κ3) is 3.33. The quantitative estimate of drug-likeness (QED) is 0.610. The number of hydrogen-bond donors (Lipinski definition) is 0. The van der Waals surface area contributed by atoms with Crippen molar-refractivity contribution >= 4 is 27.3 Å². The zero-order valence-corrected chi connectivity index (χ0v) is 11.7. The largest absolute Gasteiger partial charge is 0.573 e. The van der Waals surface area contributed by atoms with Gasteiger partial charge in [0.2, 0.25) is 0 Å². The van der Waals surface area contributed by atoms with Gasteiger partial charge in [0.1, 0.15) is 11.4 Å². The Hall–Kier alpha value is -1.51. The molecule has 0 spiro atoms. The van der Waals surface area contributed by atoms with Gasteiger partial charge in [0.15, 0.2) is 0 Å². The minimum absolute atomic E-state index is 0.216. The van der Waals surface area contributed by atoms with Gasteiger partial charge in [0.25, 0.3) is 5.69 Å². The van der Waals surface area contributed by atoms with Gasteiger partial charge in [-0.2, -0.15) is 0 Å². The van der Waals surface area contributed by atoms with Crippen molar-refractivity contribution in [3.63, 3.8) is 0 Å². The molecule has 110 valence electrons. The summed E-state index contributed by atoms with van der Waals surface area (Å²) in [5.41, 5.74) is -0.109. The number of ether oxygens (including phenoxy) is 1. The van der Waals surface area contributed by atoms with E-state index in [1.807, 2.05) is 0 Å². The van der Waals surface area contributed by atoms with Crippen molar-refractivity contribution in [2.75, 3.05) is 18.0 Å². The van der Waals surface area contributed by atoms with Crippen molar-refractivity contribution in [3.05, 3.63) is 26.7 Å². The summed E-state index contributed by atoms with van der Waals surface area (Å²) in [6, 6.07) is 1.89. The number of hydrogen-bond acceptors (Lipinski definition) is 4. The van der Waals surface area contributed by atoms with Gasteiger partial charge in [-0.25, -0.2) is 0 Å². The number of anilines is 1. The molecule has 1 fully saturated rings. The second-order valence-corrected chi connectivity index (χ2v) is 5.13. The van der Waals surface area contributed by atoms with Crippen molar-refractivity contribution in [2.24, 2.45) is 0 Å². The number of nitro groups is 1. The fraction of sp³-hybridized carbons (Fsp3) is 0.455. The van der Waals surface area contributed by atoms with Crippen LogP contribution in [-0.4, -0.2) is 24.4 Å². The zero-order chi connectivity index (χ0) is 14.9. The first kappa shape index (κ1) is 14.9. The van der Waals surface area contributed by atoms with Gasteiger partial charge in [0.05, 0.1) is 15.5 Å². The second kappa shape index (κ2) is 5.47. The predicted octanol–water partition coefficient (Wildman–Crippen LogP) is 3.86.